The number of benzene rings is 1. The molecule has 2 rings (SSSR count). The zero-order valence-electron chi connectivity index (χ0n) is 9.41. The van der Waals surface area contributed by atoms with Crippen LogP contribution in [0.15, 0.2) is 36.2 Å². The van der Waals surface area contributed by atoms with Crippen LogP contribution in [-0.4, -0.2) is 34.9 Å². The Labute approximate surface area is 102 Å². The molecule has 1 aromatic carbocycles. The summed E-state index contributed by atoms with van der Waals surface area (Å²) in [6, 6.07) is 6.16. The highest BCUT2D eigenvalue weighted by atomic mass is 16.5. The predicted molar refractivity (Wildman–Crippen MR) is 59.7 cm³/mol. The molecule has 92 valence electrons. The molecule has 1 aliphatic rings. The van der Waals surface area contributed by atoms with Crippen LogP contribution in [0.5, 0.6) is 0 Å². The van der Waals surface area contributed by atoms with Crippen LogP contribution in [0.25, 0.3) is 0 Å². The van der Waals surface area contributed by atoms with E-state index in [-0.39, 0.29) is 11.1 Å². The standard InChI is InChI=1S/C12H9NO5/c1-18-12(17)9(6-14)13-10(15)7-4-2-3-5-8(7)11(13)16/h2-6,14H,1H3/b9-6+. The molecule has 2 amide bonds. The number of ether oxygens (including phenoxy) is 1. The second kappa shape index (κ2) is 4.33. The van der Waals surface area contributed by atoms with Gasteiger partial charge in [0.25, 0.3) is 11.8 Å². The number of hydrogen-bond donors (Lipinski definition) is 1. The molecule has 0 unspecified atom stereocenters. The number of nitrogens with zero attached hydrogens (tertiary/aromatic N) is 1. The summed E-state index contributed by atoms with van der Waals surface area (Å²) >= 11 is 0. The largest absolute Gasteiger partial charge is 0.513 e. The smallest absolute Gasteiger partial charge is 0.358 e. The lowest BCUT2D eigenvalue weighted by atomic mass is 10.1. The fourth-order valence-corrected chi connectivity index (χ4v) is 1.71. The first-order valence-corrected chi connectivity index (χ1v) is 5.02. The van der Waals surface area contributed by atoms with Crippen LogP contribution in [0.3, 0.4) is 0 Å². The first-order chi connectivity index (χ1) is 8.61. The van der Waals surface area contributed by atoms with Gasteiger partial charge in [-0.1, -0.05) is 12.1 Å². The third kappa shape index (κ3) is 1.55. The van der Waals surface area contributed by atoms with Gasteiger partial charge in [0.05, 0.1) is 18.2 Å². The zero-order chi connectivity index (χ0) is 13.3. The van der Waals surface area contributed by atoms with Crippen molar-refractivity contribution in [2.24, 2.45) is 0 Å². The van der Waals surface area contributed by atoms with Crippen LogP contribution in [0.1, 0.15) is 20.7 Å². The Balaban J connectivity index is 2.49. The van der Waals surface area contributed by atoms with Gasteiger partial charge in [-0.15, -0.1) is 0 Å². The molecule has 6 heteroatoms. The Morgan fingerprint density at radius 1 is 1.22 bits per heavy atom. The van der Waals surface area contributed by atoms with E-state index in [9.17, 15) is 14.4 Å². The zero-order valence-corrected chi connectivity index (χ0v) is 9.41. The van der Waals surface area contributed by atoms with Crippen molar-refractivity contribution in [2.75, 3.05) is 7.11 Å². The molecule has 0 fully saturated rings. The van der Waals surface area contributed by atoms with Crippen molar-refractivity contribution in [3.63, 3.8) is 0 Å². The number of hydrogen-bond acceptors (Lipinski definition) is 5. The Morgan fingerprint density at radius 2 is 1.72 bits per heavy atom. The van der Waals surface area contributed by atoms with Crippen molar-refractivity contribution in [1.29, 1.82) is 0 Å². The summed E-state index contributed by atoms with van der Waals surface area (Å²) in [5, 5.41) is 8.99. The van der Waals surface area contributed by atoms with Crippen LogP contribution >= 0.6 is 0 Å². The van der Waals surface area contributed by atoms with E-state index in [0.29, 0.717) is 11.2 Å². The number of esters is 1. The van der Waals surface area contributed by atoms with Gasteiger partial charge in [-0.3, -0.25) is 9.59 Å². The van der Waals surface area contributed by atoms with Gasteiger partial charge < -0.3 is 9.84 Å². The molecule has 0 spiro atoms. The van der Waals surface area contributed by atoms with E-state index in [4.69, 9.17) is 5.11 Å². The summed E-state index contributed by atoms with van der Waals surface area (Å²) in [4.78, 5) is 35.9. The lowest BCUT2D eigenvalue weighted by Gasteiger charge is -2.14. The number of rotatable bonds is 2. The van der Waals surface area contributed by atoms with E-state index in [1.807, 2.05) is 0 Å². The molecule has 0 saturated heterocycles. The number of amides is 2. The number of carbonyl (C=O) groups excluding carboxylic acids is 3. The fraction of sp³-hybridized carbons (Fsp3) is 0.0833. The normalized spacial score (nSPS) is 14.7. The van der Waals surface area contributed by atoms with Crippen LogP contribution in [0.4, 0.5) is 0 Å². The van der Waals surface area contributed by atoms with Crippen molar-refractivity contribution in [3.8, 4) is 0 Å². The van der Waals surface area contributed by atoms with Gasteiger partial charge in [0, 0.05) is 0 Å². The van der Waals surface area contributed by atoms with Gasteiger partial charge in [-0.25, -0.2) is 9.69 Å². The molecule has 1 N–H and O–H groups in total. The third-order valence-electron chi connectivity index (χ3n) is 2.55. The second-order valence-corrected chi connectivity index (χ2v) is 3.50. The Hall–Kier alpha value is -2.63. The lowest BCUT2D eigenvalue weighted by molar-refractivity contribution is -0.137. The first-order valence-electron chi connectivity index (χ1n) is 5.02. The van der Waals surface area contributed by atoms with Gasteiger partial charge in [-0.2, -0.15) is 0 Å². The first kappa shape index (κ1) is 11.8. The topological polar surface area (TPSA) is 83.9 Å². The number of fused-ring (bicyclic) bond motifs is 1. The van der Waals surface area contributed by atoms with Gasteiger partial charge in [0.2, 0.25) is 0 Å². The van der Waals surface area contributed by atoms with Crippen molar-refractivity contribution < 1.29 is 24.2 Å². The molecule has 1 heterocycles. The second-order valence-electron chi connectivity index (χ2n) is 3.50. The molecular weight excluding hydrogens is 238 g/mol. The van der Waals surface area contributed by atoms with Gasteiger partial charge in [0.15, 0.2) is 5.70 Å². The van der Waals surface area contributed by atoms with Crippen molar-refractivity contribution in [1.82, 2.24) is 4.90 Å². The maximum absolute atomic E-state index is 12.0. The Morgan fingerprint density at radius 3 is 2.11 bits per heavy atom. The molecule has 0 atom stereocenters. The maximum Gasteiger partial charge on any atom is 0.358 e. The van der Waals surface area contributed by atoms with Crippen molar-refractivity contribution in [2.45, 2.75) is 0 Å². The maximum atomic E-state index is 12.0. The number of imide groups is 1. The highest BCUT2D eigenvalue weighted by Gasteiger charge is 2.40. The predicted octanol–water partition coefficient (Wildman–Crippen LogP) is 0.855. The van der Waals surface area contributed by atoms with E-state index in [0.717, 1.165) is 7.11 Å². The van der Waals surface area contributed by atoms with E-state index in [1.165, 1.54) is 12.1 Å². The van der Waals surface area contributed by atoms with E-state index < -0.39 is 23.5 Å². The van der Waals surface area contributed by atoms with Crippen LogP contribution in [0, 0.1) is 0 Å². The van der Waals surface area contributed by atoms with E-state index in [1.54, 1.807) is 12.1 Å². The SMILES string of the molecule is COC(=O)/C(=C\O)N1C(=O)c2ccccc2C1=O. The molecule has 0 aliphatic carbocycles. The number of methoxy groups -OCH3 is 1. The number of carbonyl (C=O) groups is 3. The summed E-state index contributed by atoms with van der Waals surface area (Å²) in [6.45, 7) is 0. The van der Waals surface area contributed by atoms with Crippen LogP contribution in [-0.2, 0) is 9.53 Å². The van der Waals surface area contributed by atoms with Gasteiger partial charge >= 0.3 is 5.97 Å². The minimum atomic E-state index is -0.966. The third-order valence-corrected chi connectivity index (χ3v) is 2.55. The molecule has 0 bridgehead atoms. The molecule has 18 heavy (non-hydrogen) atoms. The summed E-state index contributed by atoms with van der Waals surface area (Å²) in [5.74, 6) is -2.30. The van der Waals surface area contributed by atoms with Gasteiger partial charge in [-0.05, 0) is 12.1 Å². The minimum absolute atomic E-state index is 0.186. The van der Waals surface area contributed by atoms with Crippen molar-refractivity contribution >= 4 is 17.8 Å². The number of aliphatic hydroxyl groups is 1. The average molecular weight is 247 g/mol. The molecule has 1 aliphatic heterocycles. The van der Waals surface area contributed by atoms with Crippen LogP contribution in [0.2, 0.25) is 0 Å². The quantitative estimate of drug-likeness (QED) is 0.362. The van der Waals surface area contributed by atoms with E-state index in [2.05, 4.69) is 4.74 Å². The summed E-state index contributed by atoms with van der Waals surface area (Å²) in [5.41, 5.74) is -0.139. The molecule has 0 radical (unpaired) electrons. The highest BCUT2D eigenvalue weighted by Crippen LogP contribution is 2.26. The number of aliphatic hydroxyl groups excluding tert-OH is 1. The minimum Gasteiger partial charge on any atom is -0.513 e. The summed E-state index contributed by atoms with van der Waals surface area (Å²) in [6.07, 6.45) is 0.382. The highest BCUT2D eigenvalue weighted by molar-refractivity contribution is 6.24. The van der Waals surface area contributed by atoms with Gasteiger partial charge in [0.1, 0.15) is 6.26 Å². The molecule has 1 aromatic rings. The monoisotopic (exact) mass is 247 g/mol. The van der Waals surface area contributed by atoms with E-state index >= 15 is 0 Å². The molecule has 0 aromatic heterocycles. The van der Waals surface area contributed by atoms with Crippen molar-refractivity contribution in [3.05, 3.63) is 47.4 Å². The fourth-order valence-electron chi connectivity index (χ4n) is 1.71. The summed E-state index contributed by atoms with van der Waals surface area (Å²) in [7, 11) is 1.09. The van der Waals surface area contributed by atoms with Crippen LogP contribution < -0.4 is 0 Å². The Kier molecular flexibility index (Phi) is 2.85. The molecule has 0 saturated carbocycles. The molecular formula is C12H9NO5. The molecule has 6 nitrogen and oxygen atoms in total. The Bertz CT molecular complexity index is 541. The average Bonchev–Trinajstić information content (AvgIpc) is 2.65. The lowest BCUT2D eigenvalue weighted by Crippen LogP contribution is -2.33. The summed E-state index contributed by atoms with van der Waals surface area (Å²) < 4.78 is 4.40.